The molecule has 1 aromatic carbocycles. The van der Waals surface area contributed by atoms with Crippen LogP contribution in [0.15, 0.2) is 28.1 Å². The molecule has 0 amide bonds. The number of rotatable bonds is 1. The Morgan fingerprint density at radius 1 is 1.56 bits per heavy atom. The number of nitrogens with two attached hydrogens (primary N) is 1. The zero-order chi connectivity index (χ0) is 11.7. The fraction of sp³-hybridized carbons (Fsp3) is 0.100. The summed E-state index contributed by atoms with van der Waals surface area (Å²) in [5.41, 5.74) is 6.52. The van der Waals surface area contributed by atoms with E-state index in [1.165, 1.54) is 0 Å². The summed E-state index contributed by atoms with van der Waals surface area (Å²) in [4.78, 5) is 18.2. The van der Waals surface area contributed by atoms with Gasteiger partial charge in [-0.05, 0) is 19.1 Å². The minimum absolute atomic E-state index is 0.0591. The second kappa shape index (κ2) is 3.65. The molecule has 16 heavy (non-hydrogen) atoms. The molecule has 0 fully saturated rings. The molecule has 0 radical (unpaired) electrons. The quantitative estimate of drug-likeness (QED) is 0.277. The average molecular weight is 218 g/mol. The minimum atomic E-state index is -0.310. The van der Waals surface area contributed by atoms with Gasteiger partial charge >= 0.3 is 0 Å². The first-order valence-corrected chi connectivity index (χ1v) is 4.60. The number of aryl methyl sites for hydroxylation is 1. The third-order valence-corrected chi connectivity index (χ3v) is 2.21. The number of hydrogen-bond donors (Lipinski definition) is 3. The van der Waals surface area contributed by atoms with Crippen molar-refractivity contribution < 1.29 is 5.21 Å². The zero-order valence-electron chi connectivity index (χ0n) is 8.56. The average Bonchev–Trinajstić information content (AvgIpc) is 2.28. The highest BCUT2D eigenvalue weighted by atomic mass is 16.4. The predicted molar refractivity (Wildman–Crippen MR) is 59.6 cm³/mol. The molecular weight excluding hydrogens is 208 g/mol. The van der Waals surface area contributed by atoms with E-state index in [1.54, 1.807) is 12.1 Å². The molecule has 1 aromatic heterocycles. The van der Waals surface area contributed by atoms with Gasteiger partial charge in [-0.3, -0.25) is 4.79 Å². The van der Waals surface area contributed by atoms with Gasteiger partial charge in [0.05, 0.1) is 10.9 Å². The van der Waals surface area contributed by atoms with Crippen LogP contribution in [0.5, 0.6) is 0 Å². The van der Waals surface area contributed by atoms with Gasteiger partial charge in [-0.25, -0.2) is 4.98 Å². The molecule has 2 aromatic rings. The first kappa shape index (κ1) is 10.2. The van der Waals surface area contributed by atoms with E-state index >= 15 is 0 Å². The van der Waals surface area contributed by atoms with Crippen LogP contribution in [0.3, 0.4) is 0 Å². The number of nitrogens with zero attached hydrogens (tertiary/aromatic N) is 2. The summed E-state index contributed by atoms with van der Waals surface area (Å²) in [6.45, 7) is 1.89. The molecule has 2 rings (SSSR count). The first-order chi connectivity index (χ1) is 7.61. The van der Waals surface area contributed by atoms with Crippen LogP contribution in [-0.4, -0.2) is 21.0 Å². The minimum Gasteiger partial charge on any atom is -0.409 e. The Bertz CT molecular complexity index is 630. The molecule has 0 saturated carbocycles. The van der Waals surface area contributed by atoms with Crippen molar-refractivity contribution in [3.63, 3.8) is 0 Å². The second-order valence-electron chi connectivity index (χ2n) is 3.42. The lowest BCUT2D eigenvalue weighted by Gasteiger charge is -2.01. The summed E-state index contributed by atoms with van der Waals surface area (Å²) in [5.74, 6) is -0.163. The third-order valence-electron chi connectivity index (χ3n) is 2.21. The van der Waals surface area contributed by atoms with Crippen LogP contribution in [0, 0.1) is 6.92 Å². The predicted octanol–water partition coefficient (Wildman–Crippen LogP) is 0.326. The van der Waals surface area contributed by atoms with Crippen LogP contribution in [0.2, 0.25) is 0 Å². The van der Waals surface area contributed by atoms with Crippen LogP contribution in [0.25, 0.3) is 10.9 Å². The highest BCUT2D eigenvalue weighted by Crippen LogP contribution is 2.09. The lowest BCUT2D eigenvalue weighted by Crippen LogP contribution is -2.22. The van der Waals surface area contributed by atoms with Gasteiger partial charge in [0.25, 0.3) is 5.56 Å². The number of aromatic nitrogens is 2. The zero-order valence-corrected chi connectivity index (χ0v) is 8.56. The number of H-pyrrole nitrogens is 1. The Morgan fingerprint density at radius 2 is 2.31 bits per heavy atom. The van der Waals surface area contributed by atoms with E-state index in [1.807, 2.05) is 13.0 Å². The van der Waals surface area contributed by atoms with Crippen molar-refractivity contribution in [1.29, 1.82) is 0 Å². The summed E-state index contributed by atoms with van der Waals surface area (Å²) in [5, 5.41) is 11.8. The molecule has 0 aliphatic carbocycles. The van der Waals surface area contributed by atoms with Crippen molar-refractivity contribution in [3.8, 4) is 0 Å². The Kier molecular flexibility index (Phi) is 2.32. The molecule has 82 valence electrons. The van der Waals surface area contributed by atoms with Crippen molar-refractivity contribution in [2.24, 2.45) is 10.9 Å². The van der Waals surface area contributed by atoms with Crippen molar-refractivity contribution in [2.75, 3.05) is 0 Å². The Balaban J connectivity index is 2.79. The molecule has 0 unspecified atom stereocenters. The van der Waals surface area contributed by atoms with E-state index in [4.69, 9.17) is 10.9 Å². The molecule has 0 aliphatic heterocycles. The lowest BCUT2D eigenvalue weighted by atomic mass is 10.2. The number of amidine groups is 1. The smallest absolute Gasteiger partial charge is 0.259 e. The van der Waals surface area contributed by atoms with Gasteiger partial charge in [0, 0.05) is 0 Å². The van der Waals surface area contributed by atoms with E-state index in [9.17, 15) is 4.79 Å². The van der Waals surface area contributed by atoms with Crippen LogP contribution >= 0.6 is 0 Å². The monoisotopic (exact) mass is 218 g/mol. The summed E-state index contributed by atoms with van der Waals surface area (Å²) >= 11 is 0. The topological polar surface area (TPSA) is 104 Å². The van der Waals surface area contributed by atoms with E-state index < -0.39 is 0 Å². The van der Waals surface area contributed by atoms with E-state index in [0.717, 1.165) is 5.56 Å². The molecule has 4 N–H and O–H groups in total. The number of fused-ring (bicyclic) bond motifs is 1. The van der Waals surface area contributed by atoms with Crippen molar-refractivity contribution in [3.05, 3.63) is 39.9 Å². The fourth-order valence-corrected chi connectivity index (χ4v) is 1.42. The largest absolute Gasteiger partial charge is 0.409 e. The molecule has 0 aliphatic rings. The number of oxime groups is 1. The molecule has 0 bridgehead atoms. The highest BCUT2D eigenvalue weighted by Gasteiger charge is 2.06. The Morgan fingerprint density at radius 3 is 3.00 bits per heavy atom. The summed E-state index contributed by atoms with van der Waals surface area (Å²) < 4.78 is 0. The maximum absolute atomic E-state index is 11.7. The Labute approximate surface area is 90.4 Å². The molecular formula is C10H10N4O2. The van der Waals surface area contributed by atoms with E-state index in [-0.39, 0.29) is 17.2 Å². The standard InChI is InChI=1S/C10H10N4O2/c1-5-2-3-7-6(4-5)10(15)13-9(12-7)8(11)14-16/h2-4,16H,1H3,(H2,11,14)(H,12,13,15). The summed E-state index contributed by atoms with van der Waals surface area (Å²) in [6, 6.07) is 5.29. The van der Waals surface area contributed by atoms with Crippen LogP contribution < -0.4 is 11.3 Å². The maximum atomic E-state index is 11.7. The van der Waals surface area contributed by atoms with Gasteiger partial charge in [-0.2, -0.15) is 0 Å². The molecule has 0 spiro atoms. The van der Waals surface area contributed by atoms with Crippen molar-refractivity contribution in [2.45, 2.75) is 6.92 Å². The molecule has 1 heterocycles. The van der Waals surface area contributed by atoms with Gasteiger partial charge in [0.1, 0.15) is 0 Å². The van der Waals surface area contributed by atoms with Gasteiger partial charge in [-0.1, -0.05) is 16.8 Å². The molecule has 6 heteroatoms. The normalized spacial score (nSPS) is 11.9. The fourth-order valence-electron chi connectivity index (χ4n) is 1.42. The maximum Gasteiger partial charge on any atom is 0.259 e. The van der Waals surface area contributed by atoms with Crippen LogP contribution in [-0.2, 0) is 0 Å². The van der Waals surface area contributed by atoms with Gasteiger partial charge in [-0.15, -0.1) is 0 Å². The van der Waals surface area contributed by atoms with Crippen LogP contribution in [0.1, 0.15) is 11.4 Å². The first-order valence-electron chi connectivity index (χ1n) is 4.60. The summed E-state index contributed by atoms with van der Waals surface area (Å²) in [7, 11) is 0. The van der Waals surface area contributed by atoms with Gasteiger partial charge in [0.15, 0.2) is 5.82 Å². The number of aromatic amines is 1. The lowest BCUT2D eigenvalue weighted by molar-refractivity contribution is 0.318. The number of benzene rings is 1. The van der Waals surface area contributed by atoms with Gasteiger partial charge < -0.3 is 15.9 Å². The summed E-state index contributed by atoms with van der Waals surface area (Å²) in [6.07, 6.45) is 0. The molecule has 0 atom stereocenters. The second-order valence-corrected chi connectivity index (χ2v) is 3.42. The Hall–Kier alpha value is -2.37. The van der Waals surface area contributed by atoms with E-state index in [2.05, 4.69) is 15.1 Å². The number of hydrogen-bond acceptors (Lipinski definition) is 4. The van der Waals surface area contributed by atoms with Crippen molar-refractivity contribution in [1.82, 2.24) is 9.97 Å². The molecule has 0 saturated heterocycles. The highest BCUT2D eigenvalue weighted by molar-refractivity contribution is 5.95. The SMILES string of the molecule is Cc1ccc2nc(/C(N)=N/O)[nH]c(=O)c2c1. The number of nitrogens with one attached hydrogen (secondary N) is 1. The van der Waals surface area contributed by atoms with Gasteiger partial charge in [0.2, 0.25) is 5.84 Å². The van der Waals surface area contributed by atoms with E-state index in [0.29, 0.717) is 10.9 Å². The molecule has 6 nitrogen and oxygen atoms in total. The van der Waals surface area contributed by atoms with Crippen molar-refractivity contribution >= 4 is 16.7 Å². The third kappa shape index (κ3) is 1.60. The van der Waals surface area contributed by atoms with Crippen LogP contribution in [0.4, 0.5) is 0 Å².